The van der Waals surface area contributed by atoms with Crippen molar-refractivity contribution in [3.8, 4) is 0 Å². The molecule has 4 nitrogen and oxygen atoms in total. The van der Waals surface area contributed by atoms with Crippen LogP contribution in [-0.4, -0.2) is 21.7 Å². The van der Waals surface area contributed by atoms with Gasteiger partial charge in [-0.15, -0.1) is 0 Å². The average molecular weight is 366 g/mol. The molecule has 23 heavy (non-hydrogen) atoms. The molecule has 124 valence electrons. The molecule has 9 heteroatoms. The van der Waals surface area contributed by atoms with E-state index in [0.29, 0.717) is 12.1 Å². The fourth-order valence-corrected chi connectivity index (χ4v) is 2.21. The molecule has 2 rings (SSSR count). The molecule has 0 aliphatic heterocycles. The maximum absolute atomic E-state index is 12.5. The van der Waals surface area contributed by atoms with E-state index in [0.717, 1.165) is 16.8 Å². The summed E-state index contributed by atoms with van der Waals surface area (Å²) in [5.74, 6) is 0. The van der Waals surface area contributed by atoms with Crippen molar-refractivity contribution in [1.82, 2.24) is 14.7 Å². The molecule has 1 aromatic carbocycles. The van der Waals surface area contributed by atoms with E-state index in [-0.39, 0.29) is 16.7 Å². The first-order chi connectivity index (χ1) is 10.7. The van der Waals surface area contributed by atoms with Gasteiger partial charge in [0.15, 0.2) is 0 Å². The van der Waals surface area contributed by atoms with Gasteiger partial charge in [0.05, 0.1) is 23.5 Å². The fraction of sp³-hybridized carbons (Fsp3) is 0.286. The molecule has 2 aromatic rings. The van der Waals surface area contributed by atoms with Crippen molar-refractivity contribution < 1.29 is 13.2 Å². The molecule has 1 aromatic heterocycles. The van der Waals surface area contributed by atoms with Crippen LogP contribution in [0.25, 0.3) is 0 Å². The highest BCUT2D eigenvalue weighted by atomic mass is 35.5. The molecule has 1 heterocycles. The molecule has 0 atom stereocenters. The number of nitrogens with zero attached hydrogens (tertiary/aromatic N) is 3. The highest BCUT2D eigenvalue weighted by Crippen LogP contribution is 2.29. The van der Waals surface area contributed by atoms with Crippen molar-refractivity contribution in [2.24, 2.45) is 0 Å². The highest BCUT2D eigenvalue weighted by molar-refractivity contribution is 6.41. The second-order valence-electron chi connectivity index (χ2n) is 4.96. The summed E-state index contributed by atoms with van der Waals surface area (Å²) in [6.45, 7) is 0.462. The zero-order valence-electron chi connectivity index (χ0n) is 11.9. The summed E-state index contributed by atoms with van der Waals surface area (Å²) in [5.41, 5.74) is -0.557. The Morgan fingerprint density at radius 2 is 1.83 bits per heavy atom. The number of benzene rings is 1. The summed E-state index contributed by atoms with van der Waals surface area (Å²) in [6.07, 6.45) is -3.10. The van der Waals surface area contributed by atoms with Gasteiger partial charge < -0.3 is 0 Å². The molecule has 0 N–H and O–H groups in total. The fourth-order valence-electron chi connectivity index (χ4n) is 1.94. The Balaban J connectivity index is 2.07. The molecule has 0 bridgehead atoms. The van der Waals surface area contributed by atoms with Gasteiger partial charge >= 0.3 is 6.18 Å². The summed E-state index contributed by atoms with van der Waals surface area (Å²) in [7, 11) is 1.70. The maximum atomic E-state index is 12.5. The van der Waals surface area contributed by atoms with Crippen LogP contribution in [0, 0.1) is 0 Å². The lowest BCUT2D eigenvalue weighted by atomic mass is 10.1. The van der Waals surface area contributed by atoms with E-state index >= 15 is 0 Å². The third-order valence-corrected chi connectivity index (χ3v) is 3.80. The Morgan fingerprint density at radius 1 is 1.22 bits per heavy atom. The number of halogens is 5. The summed E-state index contributed by atoms with van der Waals surface area (Å²) in [4.78, 5) is 13.6. The Kier molecular flexibility index (Phi) is 5.33. The van der Waals surface area contributed by atoms with Crippen molar-refractivity contribution in [1.29, 1.82) is 0 Å². The Labute approximate surface area is 140 Å². The number of rotatable bonds is 4. The number of aromatic nitrogens is 2. The average Bonchev–Trinajstić information content (AvgIpc) is 2.47. The van der Waals surface area contributed by atoms with Crippen LogP contribution in [0.2, 0.25) is 10.0 Å². The first-order valence-corrected chi connectivity index (χ1v) is 7.20. The Hall–Kier alpha value is -1.57. The lowest BCUT2D eigenvalue weighted by molar-refractivity contribution is -0.137. The molecule has 0 fully saturated rings. The molecule has 0 amide bonds. The lowest BCUT2D eigenvalue weighted by Gasteiger charge is -2.18. The van der Waals surface area contributed by atoms with E-state index in [2.05, 4.69) is 5.10 Å². The minimum Gasteiger partial charge on any atom is -0.283 e. The standard InChI is InChI=1S/C14H12Cl2F3N3O/c1-21(8-22-13(23)12(16)11(15)6-20-22)7-9-2-4-10(5-3-9)14(17,18)19/h2-6H,7-8H2,1H3. The zero-order chi connectivity index (χ0) is 17.2. The maximum Gasteiger partial charge on any atom is 0.416 e. The molecular formula is C14H12Cl2F3N3O. The van der Waals surface area contributed by atoms with Gasteiger partial charge in [0, 0.05) is 6.54 Å². The van der Waals surface area contributed by atoms with Crippen molar-refractivity contribution >= 4 is 23.2 Å². The predicted molar refractivity (Wildman–Crippen MR) is 81.4 cm³/mol. The van der Waals surface area contributed by atoms with Crippen molar-refractivity contribution in [3.63, 3.8) is 0 Å². The summed E-state index contributed by atoms with van der Waals surface area (Å²) < 4.78 is 38.6. The normalized spacial score (nSPS) is 12.0. The monoisotopic (exact) mass is 365 g/mol. The van der Waals surface area contributed by atoms with E-state index < -0.39 is 17.3 Å². The van der Waals surface area contributed by atoms with E-state index in [1.165, 1.54) is 18.3 Å². The number of alkyl halides is 3. The van der Waals surface area contributed by atoms with Gasteiger partial charge in [-0.3, -0.25) is 9.69 Å². The Bertz CT molecular complexity index is 744. The van der Waals surface area contributed by atoms with Crippen molar-refractivity contribution in [2.45, 2.75) is 19.4 Å². The zero-order valence-corrected chi connectivity index (χ0v) is 13.5. The quantitative estimate of drug-likeness (QED) is 0.829. The molecule has 0 saturated carbocycles. The van der Waals surface area contributed by atoms with Gasteiger partial charge in [-0.05, 0) is 24.7 Å². The second kappa shape index (κ2) is 6.90. The SMILES string of the molecule is CN(Cc1ccc(C(F)(F)F)cc1)Cn1ncc(Cl)c(Cl)c1=O. The topological polar surface area (TPSA) is 38.1 Å². The third kappa shape index (κ3) is 4.46. The summed E-state index contributed by atoms with van der Waals surface area (Å²) in [6, 6.07) is 4.83. The van der Waals surface area contributed by atoms with Gasteiger partial charge in [-0.25, -0.2) is 4.68 Å². The van der Waals surface area contributed by atoms with Crippen LogP contribution in [0.3, 0.4) is 0 Å². The van der Waals surface area contributed by atoms with Crippen LogP contribution in [0.4, 0.5) is 13.2 Å². The van der Waals surface area contributed by atoms with Crippen LogP contribution in [0.15, 0.2) is 35.3 Å². The van der Waals surface area contributed by atoms with E-state index in [4.69, 9.17) is 23.2 Å². The number of hydrogen-bond donors (Lipinski definition) is 0. The second-order valence-corrected chi connectivity index (χ2v) is 5.75. The lowest BCUT2D eigenvalue weighted by Crippen LogP contribution is -2.31. The Morgan fingerprint density at radius 3 is 2.39 bits per heavy atom. The highest BCUT2D eigenvalue weighted by Gasteiger charge is 2.29. The van der Waals surface area contributed by atoms with Gasteiger partial charge in [0.1, 0.15) is 5.02 Å². The van der Waals surface area contributed by atoms with E-state index in [1.54, 1.807) is 11.9 Å². The largest absolute Gasteiger partial charge is 0.416 e. The van der Waals surface area contributed by atoms with Gasteiger partial charge in [0.25, 0.3) is 5.56 Å². The smallest absolute Gasteiger partial charge is 0.283 e. The van der Waals surface area contributed by atoms with Crippen molar-refractivity contribution in [2.75, 3.05) is 7.05 Å². The van der Waals surface area contributed by atoms with Crippen LogP contribution in [0.1, 0.15) is 11.1 Å². The summed E-state index contributed by atoms with van der Waals surface area (Å²) in [5, 5.41) is 3.81. The molecule has 0 aliphatic rings. The summed E-state index contributed by atoms with van der Waals surface area (Å²) >= 11 is 11.4. The molecular weight excluding hydrogens is 354 g/mol. The molecule has 0 saturated heterocycles. The van der Waals surface area contributed by atoms with Crippen LogP contribution >= 0.6 is 23.2 Å². The first kappa shape index (κ1) is 17.8. The molecule has 0 unspecified atom stereocenters. The molecule has 0 radical (unpaired) electrons. The number of hydrogen-bond acceptors (Lipinski definition) is 3. The van der Waals surface area contributed by atoms with E-state index in [9.17, 15) is 18.0 Å². The molecule has 0 aliphatic carbocycles. The minimum absolute atomic E-state index is 0.0679. The molecule has 0 spiro atoms. The van der Waals surface area contributed by atoms with Crippen LogP contribution in [-0.2, 0) is 19.4 Å². The van der Waals surface area contributed by atoms with Gasteiger partial charge in [0.2, 0.25) is 0 Å². The van der Waals surface area contributed by atoms with Crippen molar-refractivity contribution in [3.05, 3.63) is 62.0 Å². The van der Waals surface area contributed by atoms with Gasteiger partial charge in [-0.2, -0.15) is 18.3 Å². The van der Waals surface area contributed by atoms with Gasteiger partial charge in [-0.1, -0.05) is 35.3 Å². The van der Waals surface area contributed by atoms with Crippen LogP contribution in [0.5, 0.6) is 0 Å². The first-order valence-electron chi connectivity index (χ1n) is 6.44. The van der Waals surface area contributed by atoms with Crippen LogP contribution < -0.4 is 5.56 Å². The van der Waals surface area contributed by atoms with E-state index in [1.807, 2.05) is 0 Å². The minimum atomic E-state index is -4.36. The predicted octanol–water partition coefficient (Wildman–Crippen LogP) is 3.66. The third-order valence-electron chi connectivity index (χ3n) is 3.05.